The van der Waals surface area contributed by atoms with Gasteiger partial charge in [-0.05, 0) is 42.4 Å². The zero-order valence-corrected chi connectivity index (χ0v) is 24.8. The standard InChI is InChI=1S/C30H39N7O3S/c1-21(2)27-29-34-28(23-10-5-4-6-11-23)35-37(29)17-16-36(26(39)19-22-9-7-14-31-20-22)15-8-12-25(38)32-24(13-18-41-3)30(40)33-27/h4-7,9-11,14,20-21,24,27H,8,12-13,15-19H2,1-3H3,(H,32,38)(H,33,40)/t24-,27+/m0/s1. The van der Waals surface area contributed by atoms with Crippen LogP contribution in [0.15, 0.2) is 54.9 Å². The van der Waals surface area contributed by atoms with Crippen LogP contribution in [0.1, 0.15) is 50.5 Å². The number of amides is 3. The number of rotatable bonds is 7. The zero-order valence-electron chi connectivity index (χ0n) is 24.0. The third-order valence-electron chi connectivity index (χ3n) is 7.08. The van der Waals surface area contributed by atoms with Gasteiger partial charge in [-0.3, -0.25) is 19.4 Å². The van der Waals surface area contributed by atoms with Crippen LogP contribution in [0, 0.1) is 5.92 Å². The van der Waals surface area contributed by atoms with Crippen molar-refractivity contribution < 1.29 is 14.4 Å². The summed E-state index contributed by atoms with van der Waals surface area (Å²) in [5.74, 6) is 1.45. The summed E-state index contributed by atoms with van der Waals surface area (Å²) in [4.78, 5) is 50.6. The largest absolute Gasteiger partial charge is 0.344 e. The molecule has 0 saturated heterocycles. The van der Waals surface area contributed by atoms with Gasteiger partial charge in [-0.25, -0.2) is 9.67 Å². The van der Waals surface area contributed by atoms with E-state index in [9.17, 15) is 14.4 Å². The van der Waals surface area contributed by atoms with Crippen molar-refractivity contribution in [3.05, 3.63) is 66.2 Å². The van der Waals surface area contributed by atoms with Gasteiger partial charge in [0.1, 0.15) is 6.04 Å². The topological polar surface area (TPSA) is 122 Å². The van der Waals surface area contributed by atoms with E-state index in [-0.39, 0.29) is 36.5 Å². The minimum atomic E-state index is -0.660. The Morgan fingerprint density at radius 2 is 1.88 bits per heavy atom. The van der Waals surface area contributed by atoms with Gasteiger partial charge in [0.15, 0.2) is 11.6 Å². The summed E-state index contributed by atoms with van der Waals surface area (Å²) >= 11 is 1.63. The van der Waals surface area contributed by atoms with Crippen molar-refractivity contribution >= 4 is 29.5 Å². The van der Waals surface area contributed by atoms with Crippen LogP contribution in [0.2, 0.25) is 0 Å². The average molecular weight is 578 g/mol. The Labute approximate surface area is 245 Å². The highest BCUT2D eigenvalue weighted by atomic mass is 32.2. The molecule has 1 aliphatic rings. The monoisotopic (exact) mass is 577 g/mol. The highest BCUT2D eigenvalue weighted by molar-refractivity contribution is 7.98. The molecule has 218 valence electrons. The lowest BCUT2D eigenvalue weighted by molar-refractivity contribution is -0.131. The highest BCUT2D eigenvalue weighted by Crippen LogP contribution is 2.25. The van der Waals surface area contributed by atoms with Crippen LogP contribution < -0.4 is 10.6 Å². The summed E-state index contributed by atoms with van der Waals surface area (Å²) in [6.07, 6.45) is 6.80. The van der Waals surface area contributed by atoms with E-state index in [0.717, 1.165) is 16.9 Å². The second-order valence-electron chi connectivity index (χ2n) is 10.5. The third kappa shape index (κ3) is 8.39. The van der Waals surface area contributed by atoms with Crippen LogP contribution in [0.5, 0.6) is 0 Å². The van der Waals surface area contributed by atoms with Gasteiger partial charge >= 0.3 is 0 Å². The van der Waals surface area contributed by atoms with Crippen molar-refractivity contribution in [2.75, 3.05) is 25.1 Å². The molecule has 0 bridgehead atoms. The lowest BCUT2D eigenvalue weighted by atomic mass is 10.0. The predicted octanol–water partition coefficient (Wildman–Crippen LogP) is 3.26. The normalized spacial score (nSPS) is 18.8. The molecule has 0 fully saturated rings. The quantitative estimate of drug-likeness (QED) is 0.442. The molecule has 3 aromatic rings. The Hall–Kier alpha value is -3.73. The molecule has 0 saturated carbocycles. The summed E-state index contributed by atoms with van der Waals surface area (Å²) in [6.45, 7) is 5.25. The third-order valence-corrected chi connectivity index (χ3v) is 7.73. The number of hydrogen-bond donors (Lipinski definition) is 2. The molecule has 0 radical (unpaired) electrons. The van der Waals surface area contributed by atoms with E-state index in [1.54, 1.807) is 29.1 Å². The molecule has 11 heteroatoms. The van der Waals surface area contributed by atoms with Crippen molar-refractivity contribution in [2.24, 2.45) is 5.92 Å². The Morgan fingerprint density at radius 1 is 1.07 bits per heavy atom. The van der Waals surface area contributed by atoms with Gasteiger partial charge in [0.25, 0.3) is 0 Å². The first-order chi connectivity index (χ1) is 19.9. The number of nitrogens with one attached hydrogen (secondary N) is 2. The Bertz CT molecular complexity index is 1300. The van der Waals surface area contributed by atoms with Gasteiger partial charge in [0, 0.05) is 37.5 Å². The van der Waals surface area contributed by atoms with Crippen molar-refractivity contribution in [1.29, 1.82) is 0 Å². The van der Waals surface area contributed by atoms with Gasteiger partial charge in [-0.1, -0.05) is 50.2 Å². The minimum absolute atomic E-state index is 0.00125. The molecule has 0 spiro atoms. The first kappa shape index (κ1) is 30.2. The van der Waals surface area contributed by atoms with Crippen molar-refractivity contribution in [3.8, 4) is 11.4 Å². The van der Waals surface area contributed by atoms with Crippen LogP contribution in [-0.4, -0.2) is 73.5 Å². The SMILES string of the molecule is CSCC[C@@H]1NC(=O)CCCN(C(=O)Cc2cccnc2)CCn2nc(-c3ccccc3)nc2[C@@H](C(C)C)NC1=O. The maximum absolute atomic E-state index is 13.5. The number of thioether (sulfide) groups is 1. The molecule has 3 amide bonds. The first-order valence-electron chi connectivity index (χ1n) is 14.1. The van der Waals surface area contributed by atoms with E-state index in [1.807, 2.05) is 67.2 Å². The van der Waals surface area contributed by atoms with Crippen LogP contribution >= 0.6 is 11.8 Å². The fraction of sp³-hybridized carbons (Fsp3) is 0.467. The molecule has 10 nitrogen and oxygen atoms in total. The average Bonchev–Trinajstić information content (AvgIpc) is 3.39. The van der Waals surface area contributed by atoms with E-state index in [0.29, 0.717) is 44.1 Å². The smallest absolute Gasteiger partial charge is 0.243 e. The van der Waals surface area contributed by atoms with Gasteiger partial charge in [-0.2, -0.15) is 16.9 Å². The molecule has 2 aromatic heterocycles. The Morgan fingerprint density at radius 3 is 2.59 bits per heavy atom. The van der Waals surface area contributed by atoms with Gasteiger partial charge in [0.05, 0.1) is 19.0 Å². The van der Waals surface area contributed by atoms with Crippen LogP contribution in [0.4, 0.5) is 0 Å². The highest BCUT2D eigenvalue weighted by Gasteiger charge is 2.30. The zero-order chi connectivity index (χ0) is 29.2. The summed E-state index contributed by atoms with van der Waals surface area (Å²) in [5.41, 5.74) is 1.70. The van der Waals surface area contributed by atoms with Crippen LogP contribution in [-0.2, 0) is 27.3 Å². The van der Waals surface area contributed by atoms with Crippen LogP contribution in [0.3, 0.4) is 0 Å². The van der Waals surface area contributed by atoms with Crippen molar-refractivity contribution in [2.45, 2.75) is 58.2 Å². The number of hydrogen-bond acceptors (Lipinski definition) is 7. The molecule has 1 aromatic carbocycles. The molecule has 2 N–H and O–H groups in total. The summed E-state index contributed by atoms with van der Waals surface area (Å²) in [6, 6.07) is 12.3. The number of pyridine rings is 1. The van der Waals surface area contributed by atoms with Gasteiger partial charge in [0.2, 0.25) is 17.7 Å². The summed E-state index contributed by atoms with van der Waals surface area (Å²) in [7, 11) is 0. The molecule has 1 aliphatic heterocycles. The molecule has 3 heterocycles. The van der Waals surface area contributed by atoms with Gasteiger partial charge < -0.3 is 15.5 Å². The number of carbonyl (C=O) groups is 3. The van der Waals surface area contributed by atoms with Crippen molar-refractivity contribution in [1.82, 2.24) is 35.3 Å². The lowest BCUT2D eigenvalue weighted by Crippen LogP contribution is -2.49. The van der Waals surface area contributed by atoms with E-state index in [2.05, 4.69) is 15.6 Å². The fourth-order valence-corrected chi connectivity index (χ4v) is 5.28. The number of aromatic nitrogens is 4. The minimum Gasteiger partial charge on any atom is -0.344 e. The summed E-state index contributed by atoms with van der Waals surface area (Å²) < 4.78 is 1.82. The maximum atomic E-state index is 13.5. The van der Waals surface area contributed by atoms with E-state index in [1.165, 1.54) is 0 Å². The van der Waals surface area contributed by atoms with Crippen LogP contribution in [0.25, 0.3) is 11.4 Å². The van der Waals surface area contributed by atoms with Gasteiger partial charge in [-0.15, -0.1) is 0 Å². The lowest BCUT2D eigenvalue weighted by Gasteiger charge is -2.28. The molecule has 4 rings (SSSR count). The van der Waals surface area contributed by atoms with E-state index < -0.39 is 12.1 Å². The fourth-order valence-electron chi connectivity index (χ4n) is 4.81. The Balaban J connectivity index is 1.69. The maximum Gasteiger partial charge on any atom is 0.243 e. The molecule has 0 aliphatic carbocycles. The molecule has 41 heavy (non-hydrogen) atoms. The molecular weight excluding hydrogens is 538 g/mol. The van der Waals surface area contributed by atoms with E-state index in [4.69, 9.17) is 10.1 Å². The number of fused-ring (bicyclic) bond motifs is 1. The summed E-state index contributed by atoms with van der Waals surface area (Å²) in [5, 5.41) is 10.9. The predicted molar refractivity (Wildman–Crippen MR) is 160 cm³/mol. The second-order valence-corrected chi connectivity index (χ2v) is 11.5. The number of nitrogens with zero attached hydrogens (tertiary/aromatic N) is 5. The molecule has 2 atom stereocenters. The van der Waals surface area contributed by atoms with E-state index >= 15 is 0 Å². The first-order valence-corrected chi connectivity index (χ1v) is 15.5. The Kier molecular flexibility index (Phi) is 10.9. The molecule has 0 unspecified atom stereocenters. The number of benzene rings is 1. The molecular formula is C30H39N7O3S. The van der Waals surface area contributed by atoms with Crippen molar-refractivity contribution in [3.63, 3.8) is 0 Å². The number of carbonyl (C=O) groups excluding carboxylic acids is 3. The second kappa shape index (κ2) is 14.8.